The maximum atomic E-state index is 2.37. The fourth-order valence-electron chi connectivity index (χ4n) is 4.46. The number of benzene rings is 2. The van der Waals surface area contributed by atoms with Gasteiger partial charge in [-0.15, -0.1) is 0 Å². The Bertz CT molecular complexity index is 1100. The van der Waals surface area contributed by atoms with Crippen LogP contribution in [0.2, 0.25) is 0 Å². The Morgan fingerprint density at radius 1 is 1.04 bits per heavy atom. The van der Waals surface area contributed by atoms with Crippen molar-refractivity contribution in [3.63, 3.8) is 0 Å². The number of allylic oxidation sites excluding steroid dienone is 3. The van der Waals surface area contributed by atoms with Gasteiger partial charge >= 0.3 is 0 Å². The number of hydrogen-bond donors (Lipinski definition) is 0. The molecule has 0 amide bonds. The van der Waals surface area contributed by atoms with Crippen molar-refractivity contribution >= 4 is 22.7 Å². The van der Waals surface area contributed by atoms with Crippen LogP contribution < -0.4 is 9.47 Å². The molecule has 4 rings (SSSR count). The summed E-state index contributed by atoms with van der Waals surface area (Å²) < 4.78 is 2.37. The maximum Gasteiger partial charge on any atom is 0.212 e. The van der Waals surface area contributed by atoms with Gasteiger partial charge in [0.15, 0.2) is 0 Å². The van der Waals surface area contributed by atoms with E-state index < -0.39 is 0 Å². The molecule has 0 saturated heterocycles. The van der Waals surface area contributed by atoms with Crippen LogP contribution in [-0.2, 0) is 12.0 Å². The van der Waals surface area contributed by atoms with E-state index in [2.05, 4.69) is 117 Å². The van der Waals surface area contributed by atoms with Crippen LogP contribution in [0.25, 0.3) is 17.0 Å². The van der Waals surface area contributed by atoms with Gasteiger partial charge in [0.25, 0.3) is 0 Å². The molecule has 1 aromatic heterocycles. The molecule has 1 aliphatic rings. The van der Waals surface area contributed by atoms with Crippen LogP contribution in [0.15, 0.2) is 72.4 Å². The molecule has 0 fully saturated rings. The van der Waals surface area contributed by atoms with Crippen LogP contribution in [0, 0.1) is 6.92 Å². The number of pyridine rings is 1. The van der Waals surface area contributed by atoms with E-state index >= 15 is 0 Å². The monoisotopic (exact) mass is 369 g/mol. The molecular formula is C26H29N2+. The van der Waals surface area contributed by atoms with Gasteiger partial charge in [-0.1, -0.05) is 49.8 Å². The third kappa shape index (κ3) is 2.93. The number of hydrogen-bond acceptors (Lipinski definition) is 1. The third-order valence-electron chi connectivity index (χ3n) is 6.00. The molecule has 1 aliphatic heterocycles. The predicted molar refractivity (Wildman–Crippen MR) is 120 cm³/mol. The highest BCUT2D eigenvalue weighted by atomic mass is 15.2. The number of anilines is 1. The Balaban J connectivity index is 1.72. The Labute approximate surface area is 168 Å². The van der Waals surface area contributed by atoms with E-state index in [0.717, 1.165) is 6.54 Å². The fourth-order valence-corrected chi connectivity index (χ4v) is 4.46. The molecule has 28 heavy (non-hydrogen) atoms. The predicted octanol–water partition coefficient (Wildman–Crippen LogP) is 5.78. The van der Waals surface area contributed by atoms with Crippen LogP contribution in [0.1, 0.15) is 37.6 Å². The molecule has 2 nitrogen and oxygen atoms in total. The average molecular weight is 370 g/mol. The maximum absolute atomic E-state index is 2.37. The van der Waals surface area contributed by atoms with E-state index in [1.165, 1.54) is 39.1 Å². The van der Waals surface area contributed by atoms with Gasteiger partial charge in [-0.25, -0.2) is 0 Å². The first kappa shape index (κ1) is 18.5. The average Bonchev–Trinajstić information content (AvgIpc) is 2.87. The van der Waals surface area contributed by atoms with Crippen LogP contribution in [0.4, 0.5) is 5.69 Å². The summed E-state index contributed by atoms with van der Waals surface area (Å²) in [5.41, 5.74) is 7.87. The molecular weight excluding hydrogens is 340 g/mol. The molecule has 0 saturated carbocycles. The van der Waals surface area contributed by atoms with Crippen molar-refractivity contribution in [3.05, 3.63) is 89.3 Å². The highest BCUT2D eigenvalue weighted by molar-refractivity contribution is 5.76. The summed E-state index contributed by atoms with van der Waals surface area (Å²) in [6, 6.07) is 19.8. The fraction of sp³-hybridized carbons (Fsp3) is 0.269. The molecule has 2 heterocycles. The summed E-state index contributed by atoms with van der Waals surface area (Å²) in [5.74, 6) is 0. The van der Waals surface area contributed by atoms with Gasteiger partial charge < -0.3 is 4.90 Å². The number of likely N-dealkylation sites (N-methyl/N-ethyl adjacent to an activating group) is 1. The zero-order chi connectivity index (χ0) is 19.9. The summed E-state index contributed by atoms with van der Waals surface area (Å²) in [6.07, 6.45) is 6.69. The van der Waals surface area contributed by atoms with Crippen molar-refractivity contribution in [1.29, 1.82) is 0 Å². The molecule has 0 N–H and O–H groups in total. The number of nitrogens with zero attached hydrogens (tertiary/aromatic N) is 2. The van der Waals surface area contributed by atoms with Gasteiger partial charge in [0.1, 0.15) is 6.54 Å². The van der Waals surface area contributed by atoms with Crippen LogP contribution in [0.5, 0.6) is 0 Å². The van der Waals surface area contributed by atoms with E-state index in [1.54, 1.807) is 0 Å². The summed E-state index contributed by atoms with van der Waals surface area (Å²) in [7, 11) is 2.17. The quantitative estimate of drug-likeness (QED) is 0.531. The van der Waals surface area contributed by atoms with Crippen molar-refractivity contribution in [2.45, 2.75) is 39.7 Å². The van der Waals surface area contributed by atoms with Crippen molar-refractivity contribution in [2.24, 2.45) is 0 Å². The van der Waals surface area contributed by atoms with E-state index in [0.29, 0.717) is 0 Å². The molecule has 2 heteroatoms. The molecule has 0 spiro atoms. The van der Waals surface area contributed by atoms with Gasteiger partial charge in [0.2, 0.25) is 11.2 Å². The van der Waals surface area contributed by atoms with E-state index in [9.17, 15) is 0 Å². The number of fused-ring (bicyclic) bond motifs is 2. The highest BCUT2D eigenvalue weighted by Crippen LogP contribution is 2.47. The standard InChI is InChI=1S/C26H29N2/c1-6-28-21(16-15-20-10-7-8-12-23(20)28)11-9-13-25-26(3,4)22-18-19(2)14-17-24(22)27(25)5/h7-18H,6H2,1-5H3/q+1. The number of para-hydroxylation sites is 1. The normalized spacial score (nSPS) is 17.0. The van der Waals surface area contributed by atoms with E-state index in [1.807, 2.05) is 0 Å². The zero-order valence-electron chi connectivity index (χ0n) is 17.5. The molecule has 3 aromatic rings. The third-order valence-corrected chi connectivity index (χ3v) is 6.00. The lowest BCUT2D eigenvalue weighted by Crippen LogP contribution is -2.36. The van der Waals surface area contributed by atoms with Crippen LogP contribution in [0.3, 0.4) is 0 Å². The van der Waals surface area contributed by atoms with Crippen LogP contribution in [-0.4, -0.2) is 7.05 Å². The van der Waals surface area contributed by atoms with Crippen molar-refractivity contribution in [2.75, 3.05) is 11.9 Å². The second-order valence-corrected chi connectivity index (χ2v) is 8.18. The second kappa shape index (κ2) is 6.94. The number of rotatable bonds is 3. The lowest BCUT2D eigenvalue weighted by atomic mass is 9.83. The van der Waals surface area contributed by atoms with Crippen molar-refractivity contribution in [3.8, 4) is 0 Å². The van der Waals surface area contributed by atoms with Gasteiger partial charge in [-0.05, 0) is 43.7 Å². The smallest absolute Gasteiger partial charge is 0.212 e. The van der Waals surface area contributed by atoms with Crippen molar-refractivity contribution < 1.29 is 4.57 Å². The molecule has 0 atom stereocenters. The molecule has 2 aromatic carbocycles. The Hall–Kier alpha value is -2.87. The van der Waals surface area contributed by atoms with E-state index in [-0.39, 0.29) is 5.41 Å². The topological polar surface area (TPSA) is 7.12 Å². The first-order chi connectivity index (χ1) is 13.4. The summed E-state index contributed by atoms with van der Waals surface area (Å²) >= 11 is 0. The van der Waals surface area contributed by atoms with Crippen LogP contribution >= 0.6 is 0 Å². The molecule has 0 unspecified atom stereocenters. The molecule has 0 bridgehead atoms. The van der Waals surface area contributed by atoms with Gasteiger partial charge in [-0.2, -0.15) is 4.57 Å². The molecule has 0 aliphatic carbocycles. The lowest BCUT2D eigenvalue weighted by Gasteiger charge is -2.23. The summed E-state index contributed by atoms with van der Waals surface area (Å²) in [4.78, 5) is 2.33. The number of aryl methyl sites for hydroxylation is 2. The van der Waals surface area contributed by atoms with Gasteiger partial charge in [0.05, 0.1) is 0 Å². The van der Waals surface area contributed by atoms with Gasteiger partial charge in [0, 0.05) is 47.4 Å². The molecule has 0 radical (unpaired) electrons. The zero-order valence-corrected chi connectivity index (χ0v) is 17.5. The van der Waals surface area contributed by atoms with Gasteiger partial charge in [-0.3, -0.25) is 0 Å². The highest BCUT2D eigenvalue weighted by Gasteiger charge is 2.37. The largest absolute Gasteiger partial charge is 0.347 e. The minimum absolute atomic E-state index is 0.00452. The van der Waals surface area contributed by atoms with E-state index in [4.69, 9.17) is 0 Å². The first-order valence-corrected chi connectivity index (χ1v) is 10.1. The summed E-state index contributed by atoms with van der Waals surface area (Å²) in [5, 5.41) is 1.28. The Kier molecular flexibility index (Phi) is 4.58. The minimum atomic E-state index is 0.00452. The Morgan fingerprint density at radius 3 is 2.61 bits per heavy atom. The summed E-state index contributed by atoms with van der Waals surface area (Å²) in [6.45, 7) is 9.96. The van der Waals surface area contributed by atoms with Crippen molar-refractivity contribution in [1.82, 2.24) is 0 Å². The SMILES string of the molecule is CC[n+]1c(C=CC=C2N(C)c3ccc(C)cc3C2(C)C)ccc2ccccc21. The minimum Gasteiger partial charge on any atom is -0.347 e. The first-order valence-electron chi connectivity index (χ1n) is 10.1. The lowest BCUT2D eigenvalue weighted by molar-refractivity contribution is -0.669. The molecule has 142 valence electrons. The number of aromatic nitrogens is 1. The Morgan fingerprint density at radius 2 is 1.82 bits per heavy atom. The second-order valence-electron chi connectivity index (χ2n) is 8.18.